The summed E-state index contributed by atoms with van der Waals surface area (Å²) in [5, 5.41) is 0. The Kier molecular flexibility index (Phi) is 4.86. The van der Waals surface area contributed by atoms with Crippen LogP contribution in [0.2, 0.25) is 0 Å². The first-order valence-electron chi connectivity index (χ1n) is 8.45. The number of hydrogen-bond acceptors (Lipinski definition) is 3. The Labute approximate surface area is 148 Å². The number of benzene rings is 1. The molecule has 0 aliphatic carbocycles. The highest BCUT2D eigenvalue weighted by Crippen LogP contribution is 2.31. The van der Waals surface area contributed by atoms with Gasteiger partial charge in [0, 0.05) is 12.2 Å². The summed E-state index contributed by atoms with van der Waals surface area (Å²) < 4.78 is 7.14. The Bertz CT molecular complexity index is 758. The van der Waals surface area contributed by atoms with Crippen LogP contribution < -0.4 is 0 Å². The number of methoxy groups -OCH3 is 1. The highest BCUT2D eigenvalue weighted by atomic mass is 32.1. The number of carbonyl (C=O) groups excluding carboxylic acids is 1. The lowest BCUT2D eigenvalue weighted by Gasteiger charge is -2.24. The number of hydrogen-bond donors (Lipinski definition) is 0. The van der Waals surface area contributed by atoms with E-state index in [0.29, 0.717) is 5.92 Å². The maximum absolute atomic E-state index is 12.0. The second-order valence-electron chi connectivity index (χ2n) is 6.62. The van der Waals surface area contributed by atoms with Crippen molar-refractivity contribution >= 4 is 23.1 Å². The number of rotatable bonds is 4. The molecule has 126 valence electrons. The summed E-state index contributed by atoms with van der Waals surface area (Å²) in [6, 6.07) is 12.5. The third kappa shape index (κ3) is 3.03. The summed E-state index contributed by atoms with van der Waals surface area (Å²) >= 11 is 5.73. The van der Waals surface area contributed by atoms with Crippen LogP contribution in [-0.4, -0.2) is 22.5 Å². The van der Waals surface area contributed by atoms with Crippen LogP contribution in [0, 0.1) is 0 Å². The fourth-order valence-corrected chi connectivity index (χ4v) is 3.70. The Morgan fingerprint density at radius 3 is 2.54 bits per heavy atom. The highest BCUT2D eigenvalue weighted by Gasteiger charge is 2.29. The first-order valence-corrected chi connectivity index (χ1v) is 8.85. The normalized spacial score (nSPS) is 16.8. The van der Waals surface area contributed by atoms with Crippen molar-refractivity contribution < 1.29 is 9.53 Å². The van der Waals surface area contributed by atoms with Gasteiger partial charge in [-0.2, -0.15) is 0 Å². The van der Waals surface area contributed by atoms with Crippen molar-refractivity contribution in [3.05, 3.63) is 58.9 Å². The molecule has 0 N–H and O–H groups in total. The van der Waals surface area contributed by atoms with Gasteiger partial charge in [0.25, 0.3) is 0 Å². The lowest BCUT2D eigenvalue weighted by molar-refractivity contribution is -0.143. The van der Waals surface area contributed by atoms with Gasteiger partial charge in [-0.15, -0.1) is 0 Å². The van der Waals surface area contributed by atoms with Gasteiger partial charge in [0.15, 0.2) is 0 Å². The van der Waals surface area contributed by atoms with Crippen molar-refractivity contribution in [2.24, 2.45) is 0 Å². The van der Waals surface area contributed by atoms with E-state index >= 15 is 0 Å². The number of nitrogens with zero attached hydrogens (tertiary/aromatic N) is 1. The molecule has 1 unspecified atom stereocenters. The molecule has 0 radical (unpaired) electrons. The second-order valence-corrected chi connectivity index (χ2v) is 7.03. The number of fused-ring (bicyclic) bond motifs is 1. The Morgan fingerprint density at radius 2 is 1.92 bits per heavy atom. The predicted molar refractivity (Wildman–Crippen MR) is 99.8 cm³/mol. The van der Waals surface area contributed by atoms with Crippen molar-refractivity contribution in [3.63, 3.8) is 0 Å². The van der Waals surface area contributed by atoms with E-state index in [4.69, 9.17) is 17.0 Å². The van der Waals surface area contributed by atoms with Crippen molar-refractivity contribution in [2.45, 2.75) is 45.1 Å². The zero-order chi connectivity index (χ0) is 17.3. The zero-order valence-corrected chi connectivity index (χ0v) is 15.2. The van der Waals surface area contributed by atoms with Gasteiger partial charge in [0.2, 0.25) is 0 Å². The van der Waals surface area contributed by atoms with Crippen LogP contribution in [-0.2, 0) is 16.1 Å². The number of aromatic nitrogens is 1. The molecule has 0 saturated carbocycles. The lowest BCUT2D eigenvalue weighted by Crippen LogP contribution is -2.24. The maximum atomic E-state index is 12.0. The van der Waals surface area contributed by atoms with Crippen LogP contribution in [0.25, 0.3) is 0 Å². The van der Waals surface area contributed by atoms with E-state index in [1.165, 1.54) is 12.7 Å². The Balaban J connectivity index is 1.92. The highest BCUT2D eigenvalue weighted by molar-refractivity contribution is 7.81. The molecule has 0 amide bonds. The first-order chi connectivity index (χ1) is 11.5. The largest absolute Gasteiger partial charge is 0.469 e. The SMILES string of the molecule is COC(=O)C1CCCn2c(C(=S)c3ccc(C(C)C)cc3)ccc21. The fraction of sp³-hybridized carbons (Fsp3) is 0.400. The molecule has 0 saturated heterocycles. The van der Waals surface area contributed by atoms with E-state index in [1.807, 2.05) is 12.1 Å². The van der Waals surface area contributed by atoms with Gasteiger partial charge in [-0.05, 0) is 42.0 Å². The standard InChI is InChI=1S/C20H23NO2S/c1-13(2)14-6-8-15(9-7-14)19(24)18-11-10-17-16(20(22)23-3)5-4-12-21(17)18/h6-11,13,16H,4-5,12H2,1-3H3. The number of esters is 1. The average molecular weight is 341 g/mol. The Morgan fingerprint density at radius 1 is 1.21 bits per heavy atom. The second kappa shape index (κ2) is 6.89. The molecule has 1 atom stereocenters. The minimum absolute atomic E-state index is 0.159. The molecule has 1 aliphatic rings. The van der Waals surface area contributed by atoms with Crippen LogP contribution in [0.5, 0.6) is 0 Å². The van der Waals surface area contributed by atoms with Crippen molar-refractivity contribution in [1.82, 2.24) is 4.57 Å². The van der Waals surface area contributed by atoms with Crippen molar-refractivity contribution in [1.29, 1.82) is 0 Å². The van der Waals surface area contributed by atoms with E-state index in [2.05, 4.69) is 42.7 Å². The smallest absolute Gasteiger partial charge is 0.314 e. The van der Waals surface area contributed by atoms with Crippen molar-refractivity contribution in [3.8, 4) is 0 Å². The fourth-order valence-electron chi connectivity index (χ4n) is 3.38. The van der Waals surface area contributed by atoms with E-state index < -0.39 is 0 Å². The average Bonchev–Trinajstić information content (AvgIpc) is 3.04. The molecule has 2 heterocycles. The zero-order valence-electron chi connectivity index (χ0n) is 14.4. The maximum Gasteiger partial charge on any atom is 0.314 e. The molecular weight excluding hydrogens is 318 g/mol. The molecule has 0 fully saturated rings. The molecule has 1 aromatic heterocycles. The summed E-state index contributed by atoms with van der Waals surface area (Å²) in [6.45, 7) is 5.27. The van der Waals surface area contributed by atoms with Gasteiger partial charge < -0.3 is 9.30 Å². The quantitative estimate of drug-likeness (QED) is 0.468. The number of ether oxygens (including phenoxy) is 1. The molecule has 3 nitrogen and oxygen atoms in total. The molecule has 2 aromatic rings. The van der Waals surface area contributed by atoms with Gasteiger partial charge in [-0.25, -0.2) is 0 Å². The Hall–Kier alpha value is -1.94. The molecule has 4 heteroatoms. The molecule has 1 aromatic carbocycles. The lowest BCUT2D eigenvalue weighted by atomic mass is 9.96. The van der Waals surface area contributed by atoms with E-state index in [-0.39, 0.29) is 11.9 Å². The summed E-state index contributed by atoms with van der Waals surface area (Å²) in [5.74, 6) is 0.172. The minimum Gasteiger partial charge on any atom is -0.469 e. The van der Waals surface area contributed by atoms with Gasteiger partial charge >= 0.3 is 5.97 Å². The number of thiocarbonyl (C=S) groups is 1. The van der Waals surface area contributed by atoms with Crippen LogP contribution in [0.1, 0.15) is 61.0 Å². The molecular formula is C20H23NO2S. The topological polar surface area (TPSA) is 31.2 Å². The summed E-state index contributed by atoms with van der Waals surface area (Å²) in [7, 11) is 1.45. The first kappa shape index (κ1) is 16.9. The number of carbonyl (C=O) groups is 1. The van der Waals surface area contributed by atoms with Crippen molar-refractivity contribution in [2.75, 3.05) is 7.11 Å². The van der Waals surface area contributed by atoms with Gasteiger partial charge in [0.05, 0.1) is 23.6 Å². The van der Waals surface area contributed by atoms with E-state index in [1.54, 1.807) is 0 Å². The molecule has 24 heavy (non-hydrogen) atoms. The van der Waals surface area contributed by atoms with Crippen LogP contribution >= 0.6 is 12.2 Å². The van der Waals surface area contributed by atoms with Crippen LogP contribution in [0.3, 0.4) is 0 Å². The van der Waals surface area contributed by atoms with Crippen LogP contribution in [0.4, 0.5) is 0 Å². The third-order valence-electron chi connectivity index (χ3n) is 4.80. The van der Waals surface area contributed by atoms with Gasteiger partial charge in [0.1, 0.15) is 0 Å². The minimum atomic E-state index is -0.177. The van der Waals surface area contributed by atoms with Crippen LogP contribution in [0.15, 0.2) is 36.4 Å². The predicted octanol–water partition coefficient (Wildman–Crippen LogP) is 4.43. The summed E-state index contributed by atoms with van der Waals surface area (Å²) in [5.41, 5.74) is 4.40. The van der Waals surface area contributed by atoms with E-state index in [9.17, 15) is 4.79 Å². The van der Waals surface area contributed by atoms with Gasteiger partial charge in [-0.3, -0.25) is 4.79 Å². The van der Waals surface area contributed by atoms with Gasteiger partial charge in [-0.1, -0.05) is 50.3 Å². The summed E-state index contributed by atoms with van der Waals surface area (Å²) in [4.78, 5) is 12.8. The molecule has 1 aliphatic heterocycles. The monoisotopic (exact) mass is 341 g/mol. The molecule has 0 spiro atoms. The third-order valence-corrected chi connectivity index (χ3v) is 5.25. The summed E-state index contributed by atoms with van der Waals surface area (Å²) in [6.07, 6.45) is 1.80. The van der Waals surface area contributed by atoms with E-state index in [0.717, 1.165) is 41.2 Å². The molecule has 0 bridgehead atoms. The molecule has 3 rings (SSSR count).